The van der Waals surface area contributed by atoms with Gasteiger partial charge in [0, 0.05) is 19.2 Å². The quantitative estimate of drug-likeness (QED) is 0.583. The van der Waals surface area contributed by atoms with E-state index in [1.165, 1.54) is 12.1 Å². The zero-order valence-electron chi connectivity index (χ0n) is 7.98. The van der Waals surface area contributed by atoms with Gasteiger partial charge in [-0.2, -0.15) is 4.98 Å². The molecule has 76 valence electrons. The van der Waals surface area contributed by atoms with Crippen LogP contribution in [0.2, 0.25) is 0 Å². The van der Waals surface area contributed by atoms with E-state index in [-0.39, 0.29) is 11.5 Å². The molecule has 0 aliphatic carbocycles. The zero-order valence-corrected chi connectivity index (χ0v) is 7.98. The van der Waals surface area contributed by atoms with E-state index in [1.54, 1.807) is 7.05 Å². The normalized spacial score (nSPS) is 9.57. The second-order valence-electron chi connectivity index (χ2n) is 2.46. The summed E-state index contributed by atoms with van der Waals surface area (Å²) in [5.41, 5.74) is -0.0593. The molecular weight excluding hydrogens is 186 g/mol. The molecule has 0 bridgehead atoms. The number of hydrogen-bond acceptors (Lipinski definition) is 5. The van der Waals surface area contributed by atoms with Gasteiger partial charge in [-0.3, -0.25) is 10.1 Å². The van der Waals surface area contributed by atoms with E-state index in [0.29, 0.717) is 12.5 Å². The molecule has 0 unspecified atom stereocenters. The van der Waals surface area contributed by atoms with Gasteiger partial charge >= 0.3 is 5.69 Å². The number of rotatable bonds is 4. The smallest absolute Gasteiger partial charge is 0.311 e. The summed E-state index contributed by atoms with van der Waals surface area (Å²) >= 11 is 0. The summed E-state index contributed by atoms with van der Waals surface area (Å²) in [5.74, 6) is 0.586. The van der Waals surface area contributed by atoms with Crippen molar-refractivity contribution >= 4 is 11.5 Å². The molecule has 0 aromatic carbocycles. The lowest BCUT2D eigenvalue weighted by molar-refractivity contribution is -0.384. The van der Waals surface area contributed by atoms with Crippen molar-refractivity contribution in [1.29, 1.82) is 0 Å². The molecule has 1 N–H and O–H groups in total. The van der Waals surface area contributed by atoms with E-state index in [1.807, 2.05) is 6.92 Å². The third kappa shape index (κ3) is 2.09. The number of nitrogens with one attached hydrogen (secondary N) is 1. The van der Waals surface area contributed by atoms with Crippen molar-refractivity contribution in [2.75, 3.05) is 19.0 Å². The van der Waals surface area contributed by atoms with E-state index >= 15 is 0 Å². The molecule has 6 nitrogen and oxygen atoms in total. The van der Waals surface area contributed by atoms with Gasteiger partial charge in [0.2, 0.25) is 11.7 Å². The van der Waals surface area contributed by atoms with E-state index in [2.05, 4.69) is 10.3 Å². The van der Waals surface area contributed by atoms with Crippen molar-refractivity contribution in [3.63, 3.8) is 0 Å². The van der Waals surface area contributed by atoms with Gasteiger partial charge in [-0.1, -0.05) is 0 Å². The third-order valence-corrected chi connectivity index (χ3v) is 1.57. The van der Waals surface area contributed by atoms with Gasteiger partial charge in [-0.05, 0) is 6.92 Å². The molecule has 1 aromatic heterocycles. The van der Waals surface area contributed by atoms with E-state index in [0.717, 1.165) is 0 Å². The predicted molar refractivity (Wildman–Crippen MR) is 51.6 cm³/mol. The minimum atomic E-state index is -0.492. The molecule has 0 atom stereocenters. The molecule has 6 heteroatoms. The highest BCUT2D eigenvalue weighted by molar-refractivity contribution is 5.56. The van der Waals surface area contributed by atoms with Crippen molar-refractivity contribution in [3.8, 4) is 5.88 Å². The fourth-order valence-electron chi connectivity index (χ4n) is 0.993. The molecule has 0 radical (unpaired) electrons. The van der Waals surface area contributed by atoms with E-state index in [9.17, 15) is 10.1 Å². The summed E-state index contributed by atoms with van der Waals surface area (Å²) in [6.45, 7) is 2.30. The van der Waals surface area contributed by atoms with Crippen LogP contribution < -0.4 is 10.1 Å². The molecular formula is C8H11N3O3. The van der Waals surface area contributed by atoms with Crippen LogP contribution in [0, 0.1) is 10.1 Å². The van der Waals surface area contributed by atoms with Gasteiger partial charge in [0.15, 0.2) is 0 Å². The Morgan fingerprint density at radius 3 is 2.86 bits per heavy atom. The highest BCUT2D eigenvalue weighted by Crippen LogP contribution is 2.24. The fraction of sp³-hybridized carbons (Fsp3) is 0.375. The molecule has 0 spiro atoms. The van der Waals surface area contributed by atoms with Crippen molar-refractivity contribution in [3.05, 3.63) is 22.2 Å². The average molecular weight is 197 g/mol. The number of pyridine rings is 1. The molecule has 0 aliphatic heterocycles. The average Bonchev–Trinajstić information content (AvgIpc) is 2.17. The van der Waals surface area contributed by atoms with Crippen molar-refractivity contribution < 1.29 is 9.66 Å². The first-order chi connectivity index (χ1) is 6.69. The molecule has 14 heavy (non-hydrogen) atoms. The summed E-state index contributed by atoms with van der Waals surface area (Å²) in [6, 6.07) is 2.84. The zero-order chi connectivity index (χ0) is 10.6. The Balaban J connectivity index is 3.05. The molecule has 0 amide bonds. The standard InChI is InChI=1S/C8H11N3O3/c1-3-14-7-5-4-6(11(12)13)8(9-2)10-7/h4-5H,3H2,1-2H3,(H,9,10). The molecule has 0 saturated heterocycles. The summed E-state index contributed by atoms with van der Waals surface area (Å²) in [5, 5.41) is 13.2. The molecule has 1 aromatic rings. The Labute approximate surface area is 81.1 Å². The minimum absolute atomic E-state index is 0.0593. The van der Waals surface area contributed by atoms with Gasteiger partial charge < -0.3 is 10.1 Å². The Morgan fingerprint density at radius 1 is 1.64 bits per heavy atom. The maximum absolute atomic E-state index is 10.5. The maximum atomic E-state index is 10.5. The lowest BCUT2D eigenvalue weighted by Gasteiger charge is -2.04. The lowest BCUT2D eigenvalue weighted by atomic mass is 10.4. The number of nitrogens with zero attached hydrogens (tertiary/aromatic N) is 2. The first kappa shape index (κ1) is 10.2. The Kier molecular flexibility index (Phi) is 3.22. The van der Waals surface area contributed by atoms with Gasteiger partial charge in [0.1, 0.15) is 0 Å². The SMILES string of the molecule is CCOc1ccc([N+](=O)[O-])c(NC)n1. The van der Waals surface area contributed by atoms with Crippen molar-refractivity contribution in [2.45, 2.75) is 6.92 Å². The van der Waals surface area contributed by atoms with Crippen LogP contribution in [-0.2, 0) is 0 Å². The highest BCUT2D eigenvalue weighted by atomic mass is 16.6. The van der Waals surface area contributed by atoms with Crippen LogP contribution in [0.1, 0.15) is 6.92 Å². The maximum Gasteiger partial charge on any atom is 0.311 e. The first-order valence-corrected chi connectivity index (χ1v) is 4.15. The first-order valence-electron chi connectivity index (χ1n) is 4.15. The summed E-state index contributed by atoms with van der Waals surface area (Å²) < 4.78 is 5.11. The third-order valence-electron chi connectivity index (χ3n) is 1.57. The topological polar surface area (TPSA) is 77.3 Å². The Hall–Kier alpha value is -1.85. The number of hydrogen-bond donors (Lipinski definition) is 1. The monoisotopic (exact) mass is 197 g/mol. The van der Waals surface area contributed by atoms with E-state index in [4.69, 9.17) is 4.74 Å². The van der Waals surface area contributed by atoms with Crippen molar-refractivity contribution in [2.24, 2.45) is 0 Å². The predicted octanol–water partition coefficient (Wildman–Crippen LogP) is 1.43. The summed E-state index contributed by atoms with van der Waals surface area (Å²) in [6.07, 6.45) is 0. The molecule has 1 heterocycles. The van der Waals surface area contributed by atoms with Crippen LogP contribution in [-0.4, -0.2) is 23.6 Å². The van der Waals surface area contributed by atoms with Crippen LogP contribution in [0.15, 0.2) is 12.1 Å². The van der Waals surface area contributed by atoms with E-state index < -0.39 is 4.92 Å². The van der Waals surface area contributed by atoms with Gasteiger partial charge in [0.25, 0.3) is 0 Å². The number of ether oxygens (including phenoxy) is 1. The van der Waals surface area contributed by atoms with Crippen LogP contribution in [0.4, 0.5) is 11.5 Å². The fourth-order valence-corrected chi connectivity index (χ4v) is 0.993. The number of nitro groups is 1. The van der Waals surface area contributed by atoms with Crippen LogP contribution in [0.3, 0.4) is 0 Å². The highest BCUT2D eigenvalue weighted by Gasteiger charge is 2.14. The van der Waals surface area contributed by atoms with Gasteiger partial charge in [0.05, 0.1) is 11.5 Å². The largest absolute Gasteiger partial charge is 0.478 e. The van der Waals surface area contributed by atoms with Crippen LogP contribution >= 0.6 is 0 Å². The van der Waals surface area contributed by atoms with Crippen LogP contribution in [0.25, 0.3) is 0 Å². The minimum Gasteiger partial charge on any atom is -0.478 e. The van der Waals surface area contributed by atoms with Gasteiger partial charge in [-0.15, -0.1) is 0 Å². The number of anilines is 1. The number of aromatic nitrogens is 1. The van der Waals surface area contributed by atoms with Crippen LogP contribution in [0.5, 0.6) is 5.88 Å². The lowest BCUT2D eigenvalue weighted by Crippen LogP contribution is -2.01. The second kappa shape index (κ2) is 4.40. The van der Waals surface area contributed by atoms with Gasteiger partial charge in [-0.25, -0.2) is 0 Å². The molecule has 0 fully saturated rings. The molecule has 0 aliphatic rings. The Bertz CT molecular complexity index is 341. The summed E-state index contributed by atoms with van der Waals surface area (Å²) in [7, 11) is 1.57. The van der Waals surface area contributed by atoms with Crippen molar-refractivity contribution in [1.82, 2.24) is 4.98 Å². The molecule has 1 rings (SSSR count). The Morgan fingerprint density at radius 2 is 2.36 bits per heavy atom. The molecule has 0 saturated carbocycles. The summed E-state index contributed by atoms with van der Waals surface area (Å²) in [4.78, 5) is 14.0. The second-order valence-corrected chi connectivity index (χ2v) is 2.46.